The molecule has 0 aliphatic carbocycles. The number of anilines is 1. The predicted octanol–water partition coefficient (Wildman–Crippen LogP) is 2.12. The van der Waals surface area contributed by atoms with Crippen LogP contribution in [0.2, 0.25) is 0 Å². The average molecular weight is 332 g/mol. The molecular weight excluding hydrogens is 312 g/mol. The van der Waals surface area contributed by atoms with Crippen LogP contribution in [-0.4, -0.2) is 35.8 Å². The molecule has 7 heteroatoms. The number of nitrogens with one attached hydrogen (secondary N) is 1. The van der Waals surface area contributed by atoms with Crippen LogP contribution < -0.4 is 11.1 Å². The SMILES string of the molecule is CCc1ncc(C(=O)Nc2cc(C(N)=O)ccc2CN(C)C)s1. The number of hydrogen-bond acceptors (Lipinski definition) is 5. The highest BCUT2D eigenvalue weighted by atomic mass is 32.1. The Morgan fingerprint density at radius 3 is 2.65 bits per heavy atom. The molecule has 23 heavy (non-hydrogen) atoms. The fourth-order valence-corrected chi connectivity index (χ4v) is 2.84. The number of nitrogens with zero attached hydrogens (tertiary/aromatic N) is 2. The summed E-state index contributed by atoms with van der Waals surface area (Å²) in [5, 5.41) is 3.77. The quantitative estimate of drug-likeness (QED) is 0.848. The summed E-state index contributed by atoms with van der Waals surface area (Å²) in [5.41, 5.74) is 7.19. The second kappa shape index (κ2) is 7.34. The molecule has 1 heterocycles. The summed E-state index contributed by atoms with van der Waals surface area (Å²) in [7, 11) is 3.87. The third-order valence-electron chi connectivity index (χ3n) is 3.21. The van der Waals surface area contributed by atoms with Gasteiger partial charge < -0.3 is 16.0 Å². The number of hydrogen-bond donors (Lipinski definition) is 2. The summed E-state index contributed by atoms with van der Waals surface area (Å²) >= 11 is 1.37. The number of nitrogens with two attached hydrogens (primary N) is 1. The van der Waals surface area contributed by atoms with E-state index in [1.54, 1.807) is 24.4 Å². The van der Waals surface area contributed by atoms with Crippen LogP contribution in [0.3, 0.4) is 0 Å². The predicted molar refractivity (Wildman–Crippen MR) is 91.8 cm³/mol. The van der Waals surface area contributed by atoms with E-state index in [9.17, 15) is 9.59 Å². The molecule has 0 fully saturated rings. The second-order valence-corrected chi connectivity index (χ2v) is 6.52. The van der Waals surface area contributed by atoms with Crippen molar-refractivity contribution in [1.82, 2.24) is 9.88 Å². The summed E-state index contributed by atoms with van der Waals surface area (Å²) in [6.07, 6.45) is 2.36. The summed E-state index contributed by atoms with van der Waals surface area (Å²) < 4.78 is 0. The molecule has 0 aliphatic rings. The number of amides is 2. The Bertz CT molecular complexity index is 725. The highest BCUT2D eigenvalue weighted by Crippen LogP contribution is 2.21. The van der Waals surface area contributed by atoms with Gasteiger partial charge in [0.1, 0.15) is 4.88 Å². The van der Waals surface area contributed by atoms with Crippen LogP contribution in [0.1, 0.15) is 37.5 Å². The van der Waals surface area contributed by atoms with Crippen molar-refractivity contribution in [2.45, 2.75) is 19.9 Å². The van der Waals surface area contributed by atoms with Crippen molar-refractivity contribution in [1.29, 1.82) is 0 Å². The Balaban J connectivity index is 2.29. The van der Waals surface area contributed by atoms with E-state index in [1.807, 2.05) is 25.9 Å². The van der Waals surface area contributed by atoms with Crippen molar-refractivity contribution < 1.29 is 9.59 Å². The minimum atomic E-state index is -0.525. The van der Waals surface area contributed by atoms with Crippen molar-refractivity contribution >= 4 is 28.8 Å². The van der Waals surface area contributed by atoms with Crippen LogP contribution in [0.25, 0.3) is 0 Å². The first kappa shape index (κ1) is 17.1. The van der Waals surface area contributed by atoms with Gasteiger partial charge in [-0.05, 0) is 38.2 Å². The van der Waals surface area contributed by atoms with Gasteiger partial charge in [0.05, 0.1) is 11.2 Å². The Hall–Kier alpha value is -2.25. The molecule has 0 saturated carbocycles. The molecule has 2 rings (SSSR count). The first-order valence-electron chi connectivity index (χ1n) is 7.24. The molecule has 0 aliphatic heterocycles. The Kier molecular flexibility index (Phi) is 5.46. The van der Waals surface area contributed by atoms with Gasteiger partial charge in [-0.3, -0.25) is 9.59 Å². The van der Waals surface area contributed by atoms with Crippen molar-refractivity contribution in [2.24, 2.45) is 5.73 Å². The van der Waals surface area contributed by atoms with Gasteiger partial charge in [0, 0.05) is 17.8 Å². The lowest BCUT2D eigenvalue weighted by Gasteiger charge is -2.15. The number of rotatable bonds is 6. The fraction of sp³-hybridized carbons (Fsp3) is 0.312. The van der Waals surface area contributed by atoms with Crippen LogP contribution in [0, 0.1) is 0 Å². The third kappa shape index (κ3) is 4.37. The smallest absolute Gasteiger partial charge is 0.267 e. The standard InChI is InChI=1S/C16H20N4O2S/c1-4-14-18-8-13(23-14)16(22)19-12-7-10(15(17)21)5-6-11(12)9-20(2)3/h5-8H,4,9H2,1-3H3,(H2,17,21)(H,19,22). The first-order valence-corrected chi connectivity index (χ1v) is 8.06. The van der Waals surface area contributed by atoms with E-state index in [4.69, 9.17) is 5.73 Å². The van der Waals surface area contributed by atoms with Gasteiger partial charge in [-0.1, -0.05) is 13.0 Å². The zero-order valence-electron chi connectivity index (χ0n) is 13.4. The molecule has 0 radical (unpaired) electrons. The number of aryl methyl sites for hydroxylation is 1. The van der Waals surface area contributed by atoms with E-state index < -0.39 is 5.91 Å². The lowest BCUT2D eigenvalue weighted by atomic mass is 10.1. The second-order valence-electron chi connectivity index (χ2n) is 5.40. The van der Waals surface area contributed by atoms with Crippen LogP contribution in [0.4, 0.5) is 5.69 Å². The topological polar surface area (TPSA) is 88.3 Å². The molecule has 6 nitrogen and oxygen atoms in total. The van der Waals surface area contributed by atoms with Crippen LogP contribution in [0.5, 0.6) is 0 Å². The van der Waals surface area contributed by atoms with E-state index >= 15 is 0 Å². The van der Waals surface area contributed by atoms with Crippen LogP contribution >= 0.6 is 11.3 Å². The Labute approximate surface area is 139 Å². The lowest BCUT2D eigenvalue weighted by molar-refractivity contribution is 0.0996. The normalized spacial score (nSPS) is 10.8. The summed E-state index contributed by atoms with van der Waals surface area (Å²) in [6, 6.07) is 5.08. The van der Waals surface area contributed by atoms with Crippen molar-refractivity contribution in [3.63, 3.8) is 0 Å². The minimum absolute atomic E-state index is 0.233. The molecular formula is C16H20N4O2S. The highest BCUT2D eigenvalue weighted by Gasteiger charge is 2.14. The molecule has 2 amide bonds. The van der Waals surface area contributed by atoms with Gasteiger partial charge in [-0.2, -0.15) is 0 Å². The fourth-order valence-electron chi connectivity index (χ4n) is 2.09. The van der Waals surface area contributed by atoms with Gasteiger partial charge in [0.25, 0.3) is 5.91 Å². The maximum atomic E-state index is 12.4. The van der Waals surface area contributed by atoms with Gasteiger partial charge in [0.15, 0.2) is 0 Å². The van der Waals surface area contributed by atoms with E-state index in [2.05, 4.69) is 10.3 Å². The monoisotopic (exact) mass is 332 g/mol. The summed E-state index contributed by atoms with van der Waals surface area (Å²) in [5.74, 6) is -0.758. The Morgan fingerprint density at radius 1 is 1.35 bits per heavy atom. The molecule has 0 saturated heterocycles. The van der Waals surface area contributed by atoms with Crippen molar-refractivity contribution in [3.8, 4) is 0 Å². The van der Waals surface area contributed by atoms with Crippen LogP contribution in [-0.2, 0) is 13.0 Å². The van der Waals surface area contributed by atoms with Gasteiger partial charge >= 0.3 is 0 Å². The van der Waals surface area contributed by atoms with Crippen LogP contribution in [0.15, 0.2) is 24.4 Å². The van der Waals surface area contributed by atoms with Crippen molar-refractivity contribution in [2.75, 3.05) is 19.4 Å². The number of thiazole rings is 1. The van der Waals surface area contributed by atoms with E-state index in [0.29, 0.717) is 22.7 Å². The molecule has 0 bridgehead atoms. The Morgan fingerprint density at radius 2 is 2.09 bits per heavy atom. The van der Waals surface area contributed by atoms with E-state index in [-0.39, 0.29) is 5.91 Å². The number of aromatic nitrogens is 1. The van der Waals surface area contributed by atoms with Gasteiger partial charge in [-0.15, -0.1) is 11.3 Å². The third-order valence-corrected chi connectivity index (χ3v) is 4.35. The summed E-state index contributed by atoms with van der Waals surface area (Å²) in [6.45, 7) is 2.63. The number of carbonyl (C=O) groups is 2. The number of carbonyl (C=O) groups excluding carboxylic acids is 2. The molecule has 1 aromatic heterocycles. The lowest BCUT2D eigenvalue weighted by Crippen LogP contribution is -2.18. The molecule has 0 atom stereocenters. The van der Waals surface area contributed by atoms with Gasteiger partial charge in [-0.25, -0.2) is 4.98 Å². The van der Waals surface area contributed by atoms with E-state index in [1.165, 1.54) is 11.3 Å². The molecule has 0 spiro atoms. The zero-order valence-corrected chi connectivity index (χ0v) is 14.2. The minimum Gasteiger partial charge on any atom is -0.366 e. The zero-order chi connectivity index (χ0) is 17.0. The largest absolute Gasteiger partial charge is 0.366 e. The first-order chi connectivity index (χ1) is 10.9. The molecule has 2 aromatic rings. The summed E-state index contributed by atoms with van der Waals surface area (Å²) in [4.78, 5) is 30.5. The van der Waals surface area contributed by atoms with Gasteiger partial charge in [0.2, 0.25) is 5.91 Å². The average Bonchev–Trinajstić information content (AvgIpc) is 2.97. The molecule has 3 N–H and O–H groups in total. The number of primary amides is 1. The van der Waals surface area contributed by atoms with Crippen molar-refractivity contribution in [3.05, 3.63) is 45.4 Å². The molecule has 1 aromatic carbocycles. The molecule has 122 valence electrons. The van der Waals surface area contributed by atoms with E-state index in [0.717, 1.165) is 17.0 Å². The highest BCUT2D eigenvalue weighted by molar-refractivity contribution is 7.13. The number of benzene rings is 1. The maximum absolute atomic E-state index is 12.4. The molecule has 0 unspecified atom stereocenters. The maximum Gasteiger partial charge on any atom is 0.267 e.